The quantitative estimate of drug-likeness (QED) is 0.196. The summed E-state index contributed by atoms with van der Waals surface area (Å²) in [6.45, 7) is 0. The molecule has 0 atom stereocenters. The molecule has 0 bridgehead atoms. The van der Waals surface area contributed by atoms with Gasteiger partial charge in [-0.05, 0) is 64.7 Å². The molecular weight excluding hydrogens is 440 g/mol. The van der Waals surface area contributed by atoms with Gasteiger partial charge in [0, 0.05) is 51.1 Å². The first-order valence-electron chi connectivity index (χ1n) is 12.0. The maximum absolute atomic E-state index is 5.23. The number of rotatable bonds is 2. The van der Waals surface area contributed by atoms with E-state index in [0.717, 1.165) is 49.8 Å². The smallest absolute Gasteiger partial charge is 0.0886 e. The lowest BCUT2D eigenvalue weighted by atomic mass is 9.89. The van der Waals surface area contributed by atoms with Crippen LogP contribution in [0.15, 0.2) is 110 Å². The van der Waals surface area contributed by atoms with Crippen LogP contribution in [0.2, 0.25) is 0 Å². The van der Waals surface area contributed by atoms with Crippen molar-refractivity contribution in [1.82, 2.24) is 19.9 Å². The highest BCUT2D eigenvalue weighted by molar-refractivity contribution is 6.36. The summed E-state index contributed by atoms with van der Waals surface area (Å²) in [7, 11) is 0. The lowest BCUT2D eigenvalue weighted by molar-refractivity contribution is 1.24. The molecule has 0 aliphatic rings. The molecule has 0 N–H and O–H groups in total. The number of aromatic nitrogens is 4. The molecule has 0 aliphatic heterocycles. The molecule has 0 saturated heterocycles. The van der Waals surface area contributed by atoms with E-state index in [1.807, 2.05) is 42.7 Å². The summed E-state index contributed by atoms with van der Waals surface area (Å²) in [4.78, 5) is 19.0. The Balaban J connectivity index is 1.43. The van der Waals surface area contributed by atoms with Crippen LogP contribution < -0.4 is 0 Å². The topological polar surface area (TPSA) is 51.6 Å². The van der Waals surface area contributed by atoms with Crippen LogP contribution >= 0.6 is 0 Å². The summed E-state index contributed by atoms with van der Waals surface area (Å²) in [6, 6.07) is 31.5. The van der Waals surface area contributed by atoms with Crippen LogP contribution in [0.5, 0.6) is 0 Å². The van der Waals surface area contributed by atoms with Crippen LogP contribution in [0, 0.1) is 0 Å². The van der Waals surface area contributed by atoms with Crippen LogP contribution in [0.1, 0.15) is 0 Å². The highest BCUT2D eigenvalue weighted by Gasteiger charge is 2.17. The second-order valence-electron chi connectivity index (χ2n) is 9.13. The van der Waals surface area contributed by atoms with Gasteiger partial charge in [-0.2, -0.15) is 0 Å². The van der Waals surface area contributed by atoms with E-state index in [9.17, 15) is 0 Å². The lowest BCUT2D eigenvalue weighted by Crippen LogP contribution is -1.93. The molecule has 0 unspecified atom stereocenters. The molecule has 36 heavy (non-hydrogen) atoms. The van der Waals surface area contributed by atoms with Crippen LogP contribution in [0.3, 0.4) is 0 Å². The molecule has 4 nitrogen and oxygen atoms in total. The molecule has 8 aromatic rings. The van der Waals surface area contributed by atoms with Gasteiger partial charge in [0.05, 0.1) is 28.1 Å². The summed E-state index contributed by atoms with van der Waals surface area (Å²) < 4.78 is 0. The molecule has 4 aromatic heterocycles. The van der Waals surface area contributed by atoms with Gasteiger partial charge in [0.1, 0.15) is 0 Å². The number of hydrogen-bond acceptors (Lipinski definition) is 4. The SMILES string of the molecule is c1ccc(-c2ccc(-c3ccc4c5cccc6ccc7c8ncccc8cc(c4n3)c7c65)cn2)nc1. The molecule has 0 fully saturated rings. The standard InChI is InChI=1S/C32H18N4/c1-2-15-33-27(8-1)28-13-10-21(18-35-28)26-14-12-23-22-7-3-5-19-9-11-24-30(29(19)22)25(32(23)36-26)17-20-6-4-16-34-31(20)24/h1-18H. The van der Waals surface area contributed by atoms with Crippen molar-refractivity contribution in [2.45, 2.75) is 0 Å². The van der Waals surface area contributed by atoms with Crippen molar-refractivity contribution >= 4 is 54.1 Å². The number of nitrogens with zero attached hydrogens (tertiary/aromatic N) is 4. The van der Waals surface area contributed by atoms with Crippen molar-refractivity contribution < 1.29 is 0 Å². The van der Waals surface area contributed by atoms with Crippen molar-refractivity contribution in [3.8, 4) is 22.6 Å². The fourth-order valence-electron chi connectivity index (χ4n) is 5.51. The Hall–Kier alpha value is -4.96. The predicted molar refractivity (Wildman–Crippen MR) is 147 cm³/mol. The summed E-state index contributed by atoms with van der Waals surface area (Å²) >= 11 is 0. The maximum Gasteiger partial charge on any atom is 0.0886 e. The minimum absolute atomic E-state index is 0.849. The Bertz CT molecular complexity index is 2080. The lowest BCUT2D eigenvalue weighted by Gasteiger charge is -2.16. The molecule has 4 heteroatoms. The van der Waals surface area contributed by atoms with Gasteiger partial charge in [-0.25, -0.2) is 4.98 Å². The normalized spacial score (nSPS) is 11.9. The van der Waals surface area contributed by atoms with E-state index in [2.05, 4.69) is 70.6 Å². The van der Waals surface area contributed by atoms with E-state index in [1.54, 1.807) is 6.20 Å². The van der Waals surface area contributed by atoms with Gasteiger partial charge in [-0.15, -0.1) is 0 Å². The monoisotopic (exact) mass is 458 g/mol. The Labute approximate surface area is 206 Å². The van der Waals surface area contributed by atoms with Crippen molar-refractivity contribution in [3.63, 3.8) is 0 Å². The van der Waals surface area contributed by atoms with Crippen molar-refractivity contribution in [2.24, 2.45) is 0 Å². The zero-order valence-electron chi connectivity index (χ0n) is 19.2. The second-order valence-corrected chi connectivity index (χ2v) is 9.13. The van der Waals surface area contributed by atoms with Gasteiger partial charge in [0.15, 0.2) is 0 Å². The summed E-state index contributed by atoms with van der Waals surface area (Å²) in [5, 5.41) is 9.58. The summed E-state index contributed by atoms with van der Waals surface area (Å²) in [6.07, 6.45) is 5.54. The van der Waals surface area contributed by atoms with Gasteiger partial charge in [0.25, 0.3) is 0 Å². The number of pyridine rings is 4. The molecule has 0 saturated carbocycles. The maximum atomic E-state index is 5.23. The number of hydrogen-bond donors (Lipinski definition) is 0. The highest BCUT2D eigenvalue weighted by Crippen LogP contribution is 2.42. The second kappa shape index (κ2) is 7.27. The van der Waals surface area contributed by atoms with Gasteiger partial charge < -0.3 is 0 Å². The zero-order chi connectivity index (χ0) is 23.6. The highest BCUT2D eigenvalue weighted by atomic mass is 14.8. The molecule has 0 spiro atoms. The largest absolute Gasteiger partial charge is 0.256 e. The minimum Gasteiger partial charge on any atom is -0.256 e. The van der Waals surface area contributed by atoms with Crippen molar-refractivity contribution in [1.29, 1.82) is 0 Å². The van der Waals surface area contributed by atoms with Crippen molar-refractivity contribution in [3.05, 3.63) is 110 Å². The van der Waals surface area contributed by atoms with Gasteiger partial charge in [-0.3, -0.25) is 15.0 Å². The summed E-state index contributed by atoms with van der Waals surface area (Å²) in [5.74, 6) is 0. The van der Waals surface area contributed by atoms with Crippen LogP contribution in [0.25, 0.3) is 76.8 Å². The first-order chi connectivity index (χ1) is 17.8. The zero-order valence-corrected chi connectivity index (χ0v) is 19.2. The van der Waals surface area contributed by atoms with Gasteiger partial charge in [0.2, 0.25) is 0 Å². The fraction of sp³-hybridized carbons (Fsp3) is 0. The van der Waals surface area contributed by atoms with Gasteiger partial charge >= 0.3 is 0 Å². The van der Waals surface area contributed by atoms with Crippen LogP contribution in [0.4, 0.5) is 0 Å². The Kier molecular flexibility index (Phi) is 3.91. The summed E-state index contributed by atoms with van der Waals surface area (Å²) in [5.41, 5.74) is 5.62. The van der Waals surface area contributed by atoms with E-state index in [1.165, 1.54) is 26.9 Å². The molecule has 4 aromatic carbocycles. The molecule has 0 amide bonds. The van der Waals surface area contributed by atoms with E-state index >= 15 is 0 Å². The molecular formula is C32H18N4. The molecule has 0 radical (unpaired) electrons. The molecule has 4 heterocycles. The minimum atomic E-state index is 0.849. The van der Waals surface area contributed by atoms with E-state index in [4.69, 9.17) is 9.97 Å². The van der Waals surface area contributed by atoms with E-state index in [-0.39, 0.29) is 0 Å². The van der Waals surface area contributed by atoms with Gasteiger partial charge in [-0.1, -0.05) is 42.5 Å². The third kappa shape index (κ3) is 2.70. The molecule has 0 aliphatic carbocycles. The van der Waals surface area contributed by atoms with Crippen LogP contribution in [-0.2, 0) is 0 Å². The fourth-order valence-corrected chi connectivity index (χ4v) is 5.51. The number of benzene rings is 4. The van der Waals surface area contributed by atoms with Crippen LogP contribution in [-0.4, -0.2) is 19.9 Å². The Morgan fingerprint density at radius 3 is 2.19 bits per heavy atom. The third-order valence-electron chi connectivity index (χ3n) is 7.14. The Morgan fingerprint density at radius 2 is 1.31 bits per heavy atom. The molecule has 166 valence electrons. The van der Waals surface area contributed by atoms with E-state index in [0.29, 0.717) is 0 Å². The Morgan fingerprint density at radius 1 is 0.444 bits per heavy atom. The average Bonchev–Trinajstić information content (AvgIpc) is 2.96. The first kappa shape index (κ1) is 19.4. The average molecular weight is 459 g/mol. The van der Waals surface area contributed by atoms with E-state index < -0.39 is 0 Å². The molecule has 8 rings (SSSR count). The first-order valence-corrected chi connectivity index (χ1v) is 12.0. The predicted octanol–water partition coefficient (Wildman–Crippen LogP) is 7.80. The number of fused-ring (bicyclic) bond motifs is 5. The third-order valence-corrected chi connectivity index (χ3v) is 7.14. The van der Waals surface area contributed by atoms with Crippen molar-refractivity contribution in [2.75, 3.05) is 0 Å².